The van der Waals surface area contributed by atoms with Crippen LogP contribution in [0.25, 0.3) is 0 Å². The lowest BCUT2D eigenvalue weighted by atomic mass is 10.0. The Balaban J connectivity index is 2.34. The normalized spacial score (nSPS) is 19.3. The average Bonchev–Trinajstić information content (AvgIpc) is 2.10. The first-order valence-electron chi connectivity index (χ1n) is 5.68. The number of amides is 1. The Bertz CT molecular complexity index is 272. The lowest BCUT2D eigenvalue weighted by molar-refractivity contribution is -0.129. The van der Waals surface area contributed by atoms with E-state index in [1.165, 1.54) is 6.92 Å². The van der Waals surface area contributed by atoms with Gasteiger partial charge >= 0.3 is 0 Å². The minimum atomic E-state index is -0.373. The maximum absolute atomic E-state index is 11.6. The van der Waals surface area contributed by atoms with Gasteiger partial charge in [-0.3, -0.25) is 14.5 Å². The molecule has 0 aromatic carbocycles. The third kappa shape index (κ3) is 3.57. The summed E-state index contributed by atoms with van der Waals surface area (Å²) >= 11 is 0. The number of carbonyl (C=O) groups excluding carboxylic acids is 2. The molecule has 16 heavy (non-hydrogen) atoms. The lowest BCUT2D eigenvalue weighted by Gasteiger charge is -2.36. The number of Topliss-reactive ketones (excluding diaryl/α,β-unsaturated/α-hetero) is 1. The summed E-state index contributed by atoms with van der Waals surface area (Å²) in [4.78, 5) is 24.9. The molecule has 5 heteroatoms. The van der Waals surface area contributed by atoms with Crippen LogP contribution in [0.5, 0.6) is 0 Å². The molecule has 0 saturated carbocycles. The maximum Gasteiger partial charge on any atom is 0.234 e. The Morgan fingerprint density at radius 1 is 1.44 bits per heavy atom. The van der Waals surface area contributed by atoms with Gasteiger partial charge in [-0.05, 0) is 12.8 Å². The second kappa shape index (κ2) is 5.41. The van der Waals surface area contributed by atoms with E-state index < -0.39 is 0 Å². The van der Waals surface area contributed by atoms with E-state index in [2.05, 4.69) is 5.32 Å². The second-order valence-corrected chi connectivity index (χ2v) is 4.85. The van der Waals surface area contributed by atoms with Gasteiger partial charge in [-0.25, -0.2) is 0 Å². The van der Waals surface area contributed by atoms with Crippen LogP contribution < -0.4 is 11.1 Å². The van der Waals surface area contributed by atoms with Crippen LogP contribution >= 0.6 is 0 Å². The number of likely N-dealkylation sites (tertiary alicyclic amines) is 1. The van der Waals surface area contributed by atoms with Crippen LogP contribution in [0.1, 0.15) is 20.8 Å². The van der Waals surface area contributed by atoms with Crippen molar-refractivity contribution in [3.05, 3.63) is 0 Å². The summed E-state index contributed by atoms with van der Waals surface area (Å²) in [6.45, 7) is 7.21. The van der Waals surface area contributed by atoms with Crippen molar-refractivity contribution in [3.8, 4) is 0 Å². The molecule has 1 atom stereocenters. The number of hydrogen-bond acceptors (Lipinski definition) is 4. The largest absolute Gasteiger partial charge is 0.345 e. The van der Waals surface area contributed by atoms with Crippen LogP contribution in [0.2, 0.25) is 0 Å². The second-order valence-electron chi connectivity index (χ2n) is 4.85. The average molecular weight is 227 g/mol. The SMILES string of the molecule is CC(=O)C(NC(=O)CN1CC(N)C1)C(C)C. The van der Waals surface area contributed by atoms with E-state index in [0.29, 0.717) is 6.54 Å². The van der Waals surface area contributed by atoms with Crippen LogP contribution in [0.4, 0.5) is 0 Å². The zero-order valence-electron chi connectivity index (χ0n) is 10.2. The van der Waals surface area contributed by atoms with Crippen LogP contribution in [0, 0.1) is 5.92 Å². The molecule has 0 radical (unpaired) electrons. The highest BCUT2D eigenvalue weighted by Gasteiger charge is 2.26. The molecule has 92 valence electrons. The van der Waals surface area contributed by atoms with E-state index in [1.807, 2.05) is 18.7 Å². The predicted molar refractivity (Wildman–Crippen MR) is 61.9 cm³/mol. The molecule has 0 spiro atoms. The van der Waals surface area contributed by atoms with E-state index in [9.17, 15) is 9.59 Å². The molecular formula is C11H21N3O2. The fourth-order valence-electron chi connectivity index (χ4n) is 1.90. The minimum absolute atomic E-state index is 0.00339. The monoisotopic (exact) mass is 227 g/mol. The Kier molecular flexibility index (Phi) is 4.44. The summed E-state index contributed by atoms with van der Waals surface area (Å²) in [6, 6.07) is -0.177. The fraction of sp³-hybridized carbons (Fsp3) is 0.818. The van der Waals surface area contributed by atoms with Gasteiger partial charge in [0.05, 0.1) is 12.6 Å². The van der Waals surface area contributed by atoms with E-state index >= 15 is 0 Å². The van der Waals surface area contributed by atoms with Gasteiger partial charge < -0.3 is 11.1 Å². The van der Waals surface area contributed by atoms with Gasteiger partial charge in [0.1, 0.15) is 0 Å². The third-order valence-electron chi connectivity index (χ3n) is 2.77. The highest BCUT2D eigenvalue weighted by Crippen LogP contribution is 2.06. The molecule has 1 amide bonds. The number of nitrogens with zero attached hydrogens (tertiary/aromatic N) is 1. The standard InChI is InChI=1S/C11H21N3O2/c1-7(2)11(8(3)15)13-10(16)6-14-4-9(12)5-14/h7,9,11H,4-6,12H2,1-3H3,(H,13,16). The van der Waals surface area contributed by atoms with E-state index in [0.717, 1.165) is 13.1 Å². The van der Waals surface area contributed by atoms with Crippen molar-refractivity contribution in [2.45, 2.75) is 32.9 Å². The Labute approximate surface area is 96.4 Å². The van der Waals surface area contributed by atoms with Crippen molar-refractivity contribution in [2.75, 3.05) is 19.6 Å². The van der Waals surface area contributed by atoms with Gasteiger partial charge in [-0.2, -0.15) is 0 Å². The molecule has 0 bridgehead atoms. The first kappa shape index (κ1) is 13.1. The smallest absolute Gasteiger partial charge is 0.234 e. The highest BCUT2D eigenvalue weighted by atomic mass is 16.2. The van der Waals surface area contributed by atoms with Crippen molar-refractivity contribution in [3.63, 3.8) is 0 Å². The van der Waals surface area contributed by atoms with Crippen molar-refractivity contribution in [1.29, 1.82) is 0 Å². The number of nitrogens with two attached hydrogens (primary N) is 1. The zero-order chi connectivity index (χ0) is 12.3. The maximum atomic E-state index is 11.6. The van der Waals surface area contributed by atoms with Crippen molar-refractivity contribution >= 4 is 11.7 Å². The molecule has 5 nitrogen and oxygen atoms in total. The Hall–Kier alpha value is -0.940. The molecule has 0 aliphatic carbocycles. The molecule has 0 aromatic rings. The molecule has 1 aliphatic heterocycles. The first-order chi connectivity index (χ1) is 7.40. The van der Waals surface area contributed by atoms with E-state index in [-0.39, 0.29) is 29.7 Å². The van der Waals surface area contributed by atoms with Gasteiger partial charge in [0.2, 0.25) is 5.91 Å². The van der Waals surface area contributed by atoms with Crippen molar-refractivity contribution in [1.82, 2.24) is 10.2 Å². The van der Waals surface area contributed by atoms with Gasteiger partial charge in [-0.1, -0.05) is 13.8 Å². The van der Waals surface area contributed by atoms with E-state index in [1.54, 1.807) is 0 Å². The van der Waals surface area contributed by atoms with Crippen LogP contribution in [0.3, 0.4) is 0 Å². The first-order valence-corrected chi connectivity index (χ1v) is 5.68. The Morgan fingerprint density at radius 2 is 2.00 bits per heavy atom. The van der Waals surface area contributed by atoms with Gasteiger partial charge in [0.25, 0.3) is 0 Å². The summed E-state index contributed by atoms with van der Waals surface area (Å²) in [5.74, 6) is 0.0320. The summed E-state index contributed by atoms with van der Waals surface area (Å²) in [5, 5.41) is 2.76. The summed E-state index contributed by atoms with van der Waals surface area (Å²) in [7, 11) is 0. The van der Waals surface area contributed by atoms with Gasteiger partial charge in [0.15, 0.2) is 5.78 Å². The summed E-state index contributed by atoms with van der Waals surface area (Å²) in [5.41, 5.74) is 5.61. The fourth-order valence-corrected chi connectivity index (χ4v) is 1.90. The molecule has 3 N–H and O–H groups in total. The molecular weight excluding hydrogens is 206 g/mol. The summed E-state index contributed by atoms with van der Waals surface area (Å²) in [6.07, 6.45) is 0. The zero-order valence-corrected chi connectivity index (χ0v) is 10.2. The van der Waals surface area contributed by atoms with Gasteiger partial charge in [0, 0.05) is 19.1 Å². The number of rotatable bonds is 5. The number of nitrogens with one attached hydrogen (secondary N) is 1. The molecule has 1 unspecified atom stereocenters. The van der Waals surface area contributed by atoms with Gasteiger partial charge in [-0.15, -0.1) is 0 Å². The van der Waals surface area contributed by atoms with E-state index in [4.69, 9.17) is 5.73 Å². The van der Waals surface area contributed by atoms with Crippen LogP contribution in [-0.4, -0.2) is 48.3 Å². The summed E-state index contributed by atoms with van der Waals surface area (Å²) < 4.78 is 0. The van der Waals surface area contributed by atoms with Crippen LogP contribution in [0.15, 0.2) is 0 Å². The lowest BCUT2D eigenvalue weighted by Crippen LogP contribution is -2.59. The minimum Gasteiger partial charge on any atom is -0.345 e. The van der Waals surface area contributed by atoms with Crippen LogP contribution in [-0.2, 0) is 9.59 Å². The highest BCUT2D eigenvalue weighted by molar-refractivity contribution is 5.88. The number of hydrogen-bond donors (Lipinski definition) is 2. The predicted octanol–water partition coefficient (Wildman–Crippen LogP) is -0.641. The molecule has 1 rings (SSSR count). The third-order valence-corrected chi connectivity index (χ3v) is 2.77. The van der Waals surface area contributed by atoms with Crippen molar-refractivity contribution in [2.24, 2.45) is 11.7 Å². The molecule has 1 heterocycles. The number of carbonyl (C=O) groups is 2. The Morgan fingerprint density at radius 3 is 2.38 bits per heavy atom. The number of ketones is 1. The molecule has 1 saturated heterocycles. The quantitative estimate of drug-likeness (QED) is 0.655. The molecule has 0 aromatic heterocycles. The van der Waals surface area contributed by atoms with Crippen molar-refractivity contribution < 1.29 is 9.59 Å². The molecule has 1 fully saturated rings. The topological polar surface area (TPSA) is 75.4 Å². The molecule has 1 aliphatic rings.